The first-order valence-electron chi connectivity index (χ1n) is 23.9. The molecule has 0 N–H and O–H groups in total. The zero-order valence-corrected chi connectivity index (χ0v) is 42.4. The van der Waals surface area contributed by atoms with E-state index in [0.717, 1.165) is 78.0 Å². The molecule has 0 amide bonds. The Morgan fingerprint density at radius 3 is 1.30 bits per heavy atom. The first-order valence-corrected chi connectivity index (χ1v) is 31.7. The average molecular weight is 943 g/mol. The van der Waals surface area contributed by atoms with Crippen molar-refractivity contribution in [2.45, 2.75) is 39.3 Å². The van der Waals surface area contributed by atoms with Crippen molar-refractivity contribution in [3.8, 4) is 0 Å². The van der Waals surface area contributed by atoms with Crippen molar-refractivity contribution in [3.63, 3.8) is 0 Å². The lowest BCUT2D eigenvalue weighted by Gasteiger charge is -2.27. The van der Waals surface area contributed by atoms with Crippen molar-refractivity contribution in [2.24, 2.45) is 0 Å². The average Bonchev–Trinajstić information content (AvgIpc) is 4.07. The van der Waals surface area contributed by atoms with Gasteiger partial charge in [-0.3, -0.25) is 0 Å². The minimum absolute atomic E-state index is 0.881. The molecule has 69 heavy (non-hydrogen) atoms. The molecular formula is C62H50N2O2SSi2. The van der Waals surface area contributed by atoms with Crippen molar-refractivity contribution in [2.75, 3.05) is 9.80 Å². The quantitative estimate of drug-likeness (QED) is 0.112. The number of nitrogens with zero attached hydrogens (tertiary/aromatic N) is 2. The summed E-state index contributed by atoms with van der Waals surface area (Å²) in [5, 5.41) is 14.9. The second-order valence-corrected chi connectivity index (χ2v) is 31.7. The number of anilines is 6. The van der Waals surface area contributed by atoms with Crippen LogP contribution in [-0.4, -0.2) is 16.1 Å². The summed E-state index contributed by atoms with van der Waals surface area (Å²) in [5.74, 6) is 0. The maximum absolute atomic E-state index is 6.73. The van der Waals surface area contributed by atoms with Gasteiger partial charge in [0.2, 0.25) is 0 Å². The van der Waals surface area contributed by atoms with Crippen LogP contribution in [0.15, 0.2) is 203 Å². The van der Waals surface area contributed by atoms with Gasteiger partial charge in [-0.15, -0.1) is 11.3 Å². The Bertz CT molecular complexity index is 4170. The van der Waals surface area contributed by atoms with Crippen LogP contribution in [-0.2, 0) is 0 Å². The monoisotopic (exact) mass is 942 g/mol. The molecule has 0 saturated carbocycles. The summed E-state index contributed by atoms with van der Waals surface area (Å²) < 4.78 is 16.0. The lowest BCUT2D eigenvalue weighted by molar-refractivity contribution is 0.668. The van der Waals surface area contributed by atoms with Crippen LogP contribution in [0.4, 0.5) is 34.1 Å². The molecule has 0 aliphatic heterocycles. The van der Waals surface area contributed by atoms with Crippen molar-refractivity contribution < 1.29 is 8.83 Å². The van der Waals surface area contributed by atoms with Crippen LogP contribution >= 0.6 is 11.3 Å². The van der Waals surface area contributed by atoms with Crippen molar-refractivity contribution in [1.29, 1.82) is 0 Å². The predicted molar refractivity (Wildman–Crippen MR) is 304 cm³/mol. The van der Waals surface area contributed by atoms with Crippen LogP contribution in [0, 0.1) is 0 Å². The van der Waals surface area contributed by atoms with Gasteiger partial charge in [-0.25, -0.2) is 0 Å². The van der Waals surface area contributed by atoms with E-state index in [1.54, 1.807) is 0 Å². The third kappa shape index (κ3) is 6.74. The van der Waals surface area contributed by atoms with Crippen LogP contribution in [0.3, 0.4) is 0 Å². The number of thiophene rings is 1. The van der Waals surface area contributed by atoms with Crippen molar-refractivity contribution in [1.82, 2.24) is 0 Å². The van der Waals surface area contributed by atoms with Crippen LogP contribution in [0.1, 0.15) is 0 Å². The molecule has 334 valence electrons. The van der Waals surface area contributed by atoms with Gasteiger partial charge in [0.15, 0.2) is 11.2 Å². The minimum Gasteiger partial charge on any atom is -0.454 e. The van der Waals surface area contributed by atoms with Crippen molar-refractivity contribution >= 4 is 158 Å². The Balaban J connectivity index is 1.02. The first kappa shape index (κ1) is 41.7. The minimum atomic E-state index is -1.54. The molecule has 0 bridgehead atoms. The second kappa shape index (κ2) is 15.6. The molecule has 0 saturated heterocycles. The van der Waals surface area contributed by atoms with Gasteiger partial charge < -0.3 is 18.6 Å². The van der Waals surface area contributed by atoms with E-state index < -0.39 is 16.1 Å². The Morgan fingerprint density at radius 1 is 0.348 bits per heavy atom. The summed E-state index contributed by atoms with van der Waals surface area (Å²) in [5.41, 5.74) is 9.96. The van der Waals surface area contributed by atoms with Crippen LogP contribution < -0.4 is 20.2 Å². The summed E-state index contributed by atoms with van der Waals surface area (Å²) in [6, 6.07) is 71.4. The molecule has 10 aromatic carbocycles. The van der Waals surface area contributed by atoms with E-state index in [-0.39, 0.29) is 0 Å². The van der Waals surface area contributed by atoms with Gasteiger partial charge in [0.1, 0.15) is 11.2 Å². The van der Waals surface area contributed by atoms with Gasteiger partial charge in [-0.2, -0.15) is 0 Å². The highest BCUT2D eigenvalue weighted by atomic mass is 32.1. The molecule has 0 radical (unpaired) electrons. The fourth-order valence-corrected chi connectivity index (χ4v) is 14.2. The molecule has 0 aliphatic rings. The van der Waals surface area contributed by atoms with Crippen LogP contribution in [0.5, 0.6) is 0 Å². The molecule has 0 unspecified atom stereocenters. The molecule has 7 heteroatoms. The SMILES string of the molecule is C[Si](C)(C)c1ccc(N(c2ccc3c(c2)sc2c4ccc(N(c5ccc([Si](C)(C)C)cc5)c5cccc6c5oc5ccccc56)cc4c4ccccc4c32)c2cccc3c2oc2ccccc23)cc1. The molecule has 0 fully saturated rings. The fourth-order valence-electron chi connectivity index (χ4n) is 10.6. The molecule has 4 nitrogen and oxygen atoms in total. The highest BCUT2D eigenvalue weighted by Gasteiger charge is 2.25. The van der Waals surface area contributed by atoms with Gasteiger partial charge >= 0.3 is 0 Å². The zero-order chi connectivity index (χ0) is 46.8. The lowest BCUT2D eigenvalue weighted by atomic mass is 9.96. The number of para-hydroxylation sites is 4. The Labute approximate surface area is 407 Å². The standard InChI is InChI=1S/C62H50N2O2SSi2/c1-68(2,3)43-31-25-39(26-32-43)63(54-21-13-19-49-46-16-9-11-23-56(46)65-60(49)54)41-29-35-51-53(37-41)45-15-7-8-18-48(45)59-52-36-30-42(38-58(52)67-62(51)59)64(40-27-33-44(34-28-40)69(4,5)6)55-22-14-20-50-47-17-10-12-24-57(47)66-61(50)55/h7-38H,1-6H3. The topological polar surface area (TPSA) is 32.8 Å². The zero-order valence-electron chi connectivity index (χ0n) is 39.6. The van der Waals surface area contributed by atoms with Crippen LogP contribution in [0.2, 0.25) is 39.3 Å². The highest BCUT2D eigenvalue weighted by Crippen LogP contribution is 2.49. The van der Waals surface area contributed by atoms with E-state index in [4.69, 9.17) is 8.83 Å². The van der Waals surface area contributed by atoms with Crippen LogP contribution in [0.25, 0.3) is 85.6 Å². The smallest absolute Gasteiger partial charge is 0.159 e. The number of fused-ring (bicyclic) bond motifs is 14. The summed E-state index contributed by atoms with van der Waals surface area (Å²) in [6.07, 6.45) is 0. The molecule has 0 aliphatic carbocycles. The largest absolute Gasteiger partial charge is 0.454 e. The third-order valence-electron chi connectivity index (χ3n) is 14.2. The highest BCUT2D eigenvalue weighted by molar-refractivity contribution is 7.27. The maximum atomic E-state index is 6.73. The van der Waals surface area contributed by atoms with Gasteiger partial charge in [-0.1, -0.05) is 171 Å². The molecule has 3 aromatic heterocycles. The molecule has 3 heterocycles. The van der Waals surface area contributed by atoms with Crippen molar-refractivity contribution in [3.05, 3.63) is 194 Å². The second-order valence-electron chi connectivity index (χ2n) is 20.5. The molecule has 13 aromatic rings. The Kier molecular flexibility index (Phi) is 9.41. The molecule has 0 spiro atoms. The Hall–Kier alpha value is -7.43. The van der Waals surface area contributed by atoms with Gasteiger partial charge in [0.25, 0.3) is 0 Å². The number of hydrogen-bond donors (Lipinski definition) is 0. The normalized spacial score (nSPS) is 12.5. The van der Waals surface area contributed by atoms with E-state index in [0.29, 0.717) is 0 Å². The number of furan rings is 2. The molecule has 0 atom stereocenters. The molecular weight excluding hydrogens is 893 g/mol. The van der Waals surface area contributed by atoms with E-state index in [1.807, 2.05) is 23.5 Å². The predicted octanol–water partition coefficient (Wildman–Crippen LogP) is 18.2. The number of hydrogen-bond acceptors (Lipinski definition) is 5. The maximum Gasteiger partial charge on any atom is 0.159 e. The summed E-state index contributed by atoms with van der Waals surface area (Å²) >= 11 is 1.89. The Morgan fingerprint density at radius 2 is 0.783 bits per heavy atom. The van der Waals surface area contributed by atoms with E-state index in [1.165, 1.54) is 52.1 Å². The number of rotatable bonds is 8. The molecule has 13 rings (SSSR count). The van der Waals surface area contributed by atoms with E-state index in [9.17, 15) is 0 Å². The van der Waals surface area contributed by atoms with E-state index in [2.05, 4.69) is 231 Å². The van der Waals surface area contributed by atoms with E-state index >= 15 is 0 Å². The lowest BCUT2D eigenvalue weighted by Crippen LogP contribution is -2.37. The van der Waals surface area contributed by atoms with Gasteiger partial charge in [0.05, 0.1) is 27.5 Å². The summed E-state index contributed by atoms with van der Waals surface area (Å²) in [7, 11) is -3.06. The number of benzene rings is 10. The fraction of sp³-hybridized carbons (Fsp3) is 0.0968. The van der Waals surface area contributed by atoms with Gasteiger partial charge in [0, 0.05) is 69.9 Å². The third-order valence-corrected chi connectivity index (χ3v) is 19.5. The summed E-state index contributed by atoms with van der Waals surface area (Å²) in [6.45, 7) is 14.4. The van der Waals surface area contributed by atoms with Gasteiger partial charge in [-0.05, 0) is 89.0 Å². The first-order chi connectivity index (χ1) is 33.5. The summed E-state index contributed by atoms with van der Waals surface area (Å²) in [4.78, 5) is 4.78.